The van der Waals surface area contributed by atoms with Crippen LogP contribution >= 0.6 is 0 Å². The Kier molecular flexibility index (Phi) is 9.76. The van der Waals surface area contributed by atoms with Crippen LogP contribution in [-0.4, -0.2) is 47.4 Å². The molecule has 0 aromatic heterocycles. The van der Waals surface area contributed by atoms with Crippen molar-refractivity contribution in [2.75, 3.05) is 33.1 Å². The van der Waals surface area contributed by atoms with E-state index in [4.69, 9.17) is 4.74 Å². The maximum atomic E-state index is 13.6. The minimum absolute atomic E-state index is 0.128. The first-order valence-electron chi connectivity index (χ1n) is 9.88. The molecule has 0 saturated heterocycles. The second-order valence-corrected chi connectivity index (χ2v) is 9.18. The quantitative estimate of drug-likeness (QED) is 0.322. The molecule has 2 rings (SSSR count). The van der Waals surface area contributed by atoms with Gasteiger partial charge in [0.2, 0.25) is 0 Å². The molecule has 2 N–H and O–H groups in total. The first-order valence-corrected chi connectivity index (χ1v) is 11.9. The first-order chi connectivity index (χ1) is 14.4. The topological polar surface area (TPSA) is 79.8 Å². The van der Waals surface area contributed by atoms with Gasteiger partial charge in [-0.2, -0.15) is 0 Å². The second-order valence-electron chi connectivity index (χ2n) is 7.04. The smallest absolute Gasteiger partial charge is 0.191 e. The van der Waals surface area contributed by atoms with Crippen molar-refractivity contribution < 1.29 is 17.5 Å². The van der Waals surface area contributed by atoms with E-state index in [9.17, 15) is 12.8 Å². The van der Waals surface area contributed by atoms with Gasteiger partial charge in [0.05, 0.1) is 12.4 Å². The Morgan fingerprint density at radius 1 is 1.07 bits per heavy atom. The van der Waals surface area contributed by atoms with Gasteiger partial charge < -0.3 is 15.4 Å². The number of hydrogen-bond acceptors (Lipinski definition) is 4. The molecule has 0 atom stereocenters. The third-order valence-electron chi connectivity index (χ3n) is 4.39. The molecular weight excluding hydrogens is 405 g/mol. The summed E-state index contributed by atoms with van der Waals surface area (Å²) in [7, 11) is -1.56. The first kappa shape index (κ1) is 23.8. The number of nitrogens with one attached hydrogen (secondary N) is 2. The predicted molar refractivity (Wildman–Crippen MR) is 119 cm³/mol. The molecule has 0 aliphatic carbocycles. The van der Waals surface area contributed by atoms with Crippen molar-refractivity contribution in [2.24, 2.45) is 4.99 Å². The molecule has 0 saturated carbocycles. The number of guanidine groups is 1. The lowest BCUT2D eigenvalue weighted by atomic mass is 10.1. The average molecular weight is 436 g/mol. The van der Waals surface area contributed by atoms with E-state index >= 15 is 0 Å². The van der Waals surface area contributed by atoms with E-state index in [2.05, 4.69) is 27.8 Å². The average Bonchev–Trinajstić information content (AvgIpc) is 2.71. The number of sulfone groups is 1. The lowest BCUT2D eigenvalue weighted by molar-refractivity contribution is 0.135. The van der Waals surface area contributed by atoms with Crippen molar-refractivity contribution in [3.8, 4) is 0 Å². The van der Waals surface area contributed by atoms with Crippen molar-refractivity contribution >= 4 is 15.8 Å². The monoisotopic (exact) mass is 435 g/mol. The van der Waals surface area contributed by atoms with Gasteiger partial charge in [0.25, 0.3) is 0 Å². The molecule has 164 valence electrons. The number of nitrogens with zero attached hydrogens (tertiary/aromatic N) is 1. The maximum absolute atomic E-state index is 13.6. The predicted octanol–water partition coefficient (Wildman–Crippen LogP) is 2.68. The van der Waals surface area contributed by atoms with Crippen LogP contribution in [0.3, 0.4) is 0 Å². The van der Waals surface area contributed by atoms with Gasteiger partial charge in [-0.25, -0.2) is 12.8 Å². The summed E-state index contributed by atoms with van der Waals surface area (Å²) in [5.74, 6) is 0.0323. The van der Waals surface area contributed by atoms with Gasteiger partial charge in [-0.05, 0) is 41.7 Å². The molecule has 30 heavy (non-hydrogen) atoms. The molecule has 0 fully saturated rings. The Labute approximate surface area is 178 Å². The van der Waals surface area contributed by atoms with Crippen molar-refractivity contribution in [2.45, 2.75) is 25.1 Å². The van der Waals surface area contributed by atoms with Gasteiger partial charge in [-0.1, -0.05) is 36.4 Å². The van der Waals surface area contributed by atoms with Crippen LogP contribution in [-0.2, 0) is 33.3 Å². The highest BCUT2D eigenvalue weighted by Crippen LogP contribution is 2.14. The lowest BCUT2D eigenvalue weighted by Gasteiger charge is -2.14. The van der Waals surface area contributed by atoms with Crippen LogP contribution in [0.4, 0.5) is 4.39 Å². The fourth-order valence-electron chi connectivity index (χ4n) is 2.90. The molecule has 2 aromatic rings. The number of hydrogen-bond donors (Lipinski definition) is 2. The van der Waals surface area contributed by atoms with Gasteiger partial charge in [0, 0.05) is 33.0 Å². The Morgan fingerprint density at radius 3 is 2.53 bits per heavy atom. The van der Waals surface area contributed by atoms with Gasteiger partial charge in [0.1, 0.15) is 5.82 Å². The van der Waals surface area contributed by atoms with Gasteiger partial charge in [-0.3, -0.25) is 4.99 Å². The van der Waals surface area contributed by atoms with E-state index in [1.54, 1.807) is 7.05 Å². The lowest BCUT2D eigenvalue weighted by Crippen LogP contribution is -2.37. The molecule has 0 unspecified atom stereocenters. The highest BCUT2D eigenvalue weighted by Gasteiger charge is 2.11. The standard InChI is InChI=1S/C22H30FN3O3S/c1-24-22(25-12-6-13-29-14-11-18-7-4-3-5-8-18)26-16-20-15-21(23)10-9-19(20)17-30(2,27)28/h3-5,7-10,15H,6,11-14,16-17H2,1-2H3,(H2,24,25,26). The van der Waals surface area contributed by atoms with E-state index in [0.717, 1.165) is 19.1 Å². The molecule has 6 nitrogen and oxygen atoms in total. The van der Waals surface area contributed by atoms with Crippen LogP contribution in [0.25, 0.3) is 0 Å². The zero-order chi connectivity index (χ0) is 21.8. The largest absolute Gasteiger partial charge is 0.381 e. The molecular formula is C22H30FN3O3S. The number of benzene rings is 2. The summed E-state index contributed by atoms with van der Waals surface area (Å²) in [4.78, 5) is 4.15. The molecule has 0 radical (unpaired) electrons. The number of ether oxygens (including phenoxy) is 1. The van der Waals surface area contributed by atoms with Crippen molar-refractivity contribution in [3.05, 3.63) is 71.0 Å². The number of halogens is 1. The van der Waals surface area contributed by atoms with Crippen molar-refractivity contribution in [3.63, 3.8) is 0 Å². The SMILES string of the molecule is CN=C(NCCCOCCc1ccccc1)NCc1cc(F)ccc1CS(C)(=O)=O. The van der Waals surface area contributed by atoms with E-state index in [1.807, 2.05) is 18.2 Å². The molecule has 0 heterocycles. The number of rotatable bonds is 11. The van der Waals surface area contributed by atoms with E-state index in [1.165, 1.54) is 23.8 Å². The molecule has 0 spiro atoms. The van der Waals surface area contributed by atoms with Crippen molar-refractivity contribution in [1.29, 1.82) is 0 Å². The third-order valence-corrected chi connectivity index (χ3v) is 5.23. The summed E-state index contributed by atoms with van der Waals surface area (Å²) in [6.45, 7) is 2.26. The Bertz CT molecular complexity index is 918. The normalized spacial score (nSPS) is 12.0. The Morgan fingerprint density at radius 2 is 1.83 bits per heavy atom. The summed E-state index contributed by atoms with van der Waals surface area (Å²) in [5, 5.41) is 6.28. The minimum Gasteiger partial charge on any atom is -0.381 e. The summed E-state index contributed by atoms with van der Waals surface area (Å²) >= 11 is 0. The van der Waals surface area contributed by atoms with Crippen LogP contribution < -0.4 is 10.6 Å². The fraction of sp³-hybridized carbons (Fsp3) is 0.409. The Hall–Kier alpha value is -2.45. The van der Waals surface area contributed by atoms with Crippen LogP contribution in [0.2, 0.25) is 0 Å². The maximum Gasteiger partial charge on any atom is 0.191 e. The number of aliphatic imine (C=N–C) groups is 1. The third kappa shape index (κ3) is 9.37. The van der Waals surface area contributed by atoms with E-state index in [-0.39, 0.29) is 12.3 Å². The summed E-state index contributed by atoms with van der Waals surface area (Å²) in [5.41, 5.74) is 2.43. The van der Waals surface area contributed by atoms with Crippen LogP contribution in [0.1, 0.15) is 23.1 Å². The molecule has 0 bridgehead atoms. The molecule has 0 amide bonds. The highest BCUT2D eigenvalue weighted by atomic mass is 32.2. The van der Waals surface area contributed by atoms with Crippen LogP contribution in [0, 0.1) is 5.82 Å². The molecule has 8 heteroatoms. The second kappa shape index (κ2) is 12.3. The van der Waals surface area contributed by atoms with Crippen LogP contribution in [0.5, 0.6) is 0 Å². The van der Waals surface area contributed by atoms with Gasteiger partial charge in [0.15, 0.2) is 15.8 Å². The minimum atomic E-state index is -3.21. The fourth-order valence-corrected chi connectivity index (χ4v) is 3.75. The molecule has 2 aromatic carbocycles. The van der Waals surface area contributed by atoms with Gasteiger partial charge in [-0.15, -0.1) is 0 Å². The summed E-state index contributed by atoms with van der Waals surface area (Å²) in [6.07, 6.45) is 2.87. The zero-order valence-electron chi connectivity index (χ0n) is 17.5. The van der Waals surface area contributed by atoms with Crippen LogP contribution in [0.15, 0.2) is 53.5 Å². The van der Waals surface area contributed by atoms with Gasteiger partial charge >= 0.3 is 0 Å². The summed E-state index contributed by atoms with van der Waals surface area (Å²) < 4.78 is 42.5. The molecule has 0 aliphatic rings. The zero-order valence-corrected chi connectivity index (χ0v) is 18.3. The molecule has 0 aliphatic heterocycles. The summed E-state index contributed by atoms with van der Waals surface area (Å²) in [6, 6.07) is 14.3. The highest BCUT2D eigenvalue weighted by molar-refractivity contribution is 7.89. The Balaban J connectivity index is 1.70. The van der Waals surface area contributed by atoms with Crippen molar-refractivity contribution in [1.82, 2.24) is 10.6 Å². The van der Waals surface area contributed by atoms with E-state index in [0.29, 0.717) is 36.8 Å². The van der Waals surface area contributed by atoms with E-state index < -0.39 is 15.7 Å².